The number of benzene rings is 1. The summed E-state index contributed by atoms with van der Waals surface area (Å²) in [6.07, 6.45) is 3.15. The number of ether oxygens (including phenoxy) is 1. The highest BCUT2D eigenvalue weighted by molar-refractivity contribution is 5.77. The van der Waals surface area contributed by atoms with Gasteiger partial charge in [-0.05, 0) is 70.3 Å². The summed E-state index contributed by atoms with van der Waals surface area (Å²) in [5.41, 5.74) is 6.92. The molecule has 1 aromatic carbocycles. The first kappa shape index (κ1) is 19.3. The van der Waals surface area contributed by atoms with Gasteiger partial charge in [0.2, 0.25) is 0 Å². The Morgan fingerprint density at radius 3 is 2.73 bits per heavy atom. The number of esters is 1. The van der Waals surface area contributed by atoms with Crippen LogP contribution in [0.25, 0.3) is 0 Å². The highest BCUT2D eigenvalue weighted by Crippen LogP contribution is 2.37. The maximum atomic E-state index is 13.6. The second-order valence-electron chi connectivity index (χ2n) is 7.73. The lowest BCUT2D eigenvalue weighted by Gasteiger charge is -2.40. The van der Waals surface area contributed by atoms with Gasteiger partial charge in [0.15, 0.2) is 0 Å². The summed E-state index contributed by atoms with van der Waals surface area (Å²) in [7, 11) is 0. The van der Waals surface area contributed by atoms with Crippen LogP contribution in [-0.4, -0.2) is 49.2 Å². The largest absolute Gasteiger partial charge is 0.466 e. The zero-order chi connectivity index (χ0) is 18.6. The molecule has 2 N–H and O–H groups in total. The number of carbonyl (C=O) groups excluding carboxylic acids is 1. The summed E-state index contributed by atoms with van der Waals surface area (Å²) >= 11 is 0. The fourth-order valence-electron chi connectivity index (χ4n) is 4.18. The summed E-state index contributed by atoms with van der Waals surface area (Å²) in [6, 6.07) is 7.51. The molecule has 2 unspecified atom stereocenters. The number of nitrogens with zero attached hydrogens (tertiary/aromatic N) is 1. The van der Waals surface area contributed by atoms with Gasteiger partial charge in [-0.2, -0.15) is 0 Å². The molecule has 0 amide bonds. The Labute approximate surface area is 155 Å². The van der Waals surface area contributed by atoms with E-state index < -0.39 is 5.41 Å². The maximum Gasteiger partial charge on any atom is 0.312 e. The van der Waals surface area contributed by atoms with E-state index >= 15 is 0 Å². The molecule has 5 nitrogen and oxygen atoms in total. The molecular formula is C20H30FN3O2. The van der Waals surface area contributed by atoms with Gasteiger partial charge in [-0.15, -0.1) is 0 Å². The molecule has 0 aromatic heterocycles. The Bertz CT molecular complexity index is 617. The van der Waals surface area contributed by atoms with E-state index in [9.17, 15) is 9.18 Å². The van der Waals surface area contributed by atoms with Crippen LogP contribution in [0.5, 0.6) is 0 Å². The van der Waals surface area contributed by atoms with Gasteiger partial charge in [-0.3, -0.25) is 15.6 Å². The zero-order valence-electron chi connectivity index (χ0n) is 15.8. The monoisotopic (exact) mass is 363 g/mol. The summed E-state index contributed by atoms with van der Waals surface area (Å²) in [5.74, 6) is -0.397. The maximum absolute atomic E-state index is 13.6. The molecule has 2 aliphatic rings. The standard InChI is InChI=1S/C20H30FN3O2/c1-3-26-19(25)20(13-16-5-4-6-17(21)12-16)7-9-24(10-8-20)14-18-11-15(2)22-23-18/h4-6,12,15,18,22-23H,3,7-11,13-14H2,1-2H3. The molecule has 6 heteroatoms. The third kappa shape index (κ3) is 4.61. The van der Waals surface area contributed by atoms with Crippen LogP contribution in [0.1, 0.15) is 38.7 Å². The lowest BCUT2D eigenvalue weighted by molar-refractivity contribution is -0.158. The molecule has 2 atom stereocenters. The van der Waals surface area contributed by atoms with Gasteiger partial charge in [-0.1, -0.05) is 12.1 Å². The first-order chi connectivity index (χ1) is 12.5. The first-order valence-corrected chi connectivity index (χ1v) is 9.66. The number of likely N-dealkylation sites (tertiary alicyclic amines) is 1. The Balaban J connectivity index is 1.65. The van der Waals surface area contributed by atoms with Crippen molar-refractivity contribution in [2.45, 2.75) is 51.6 Å². The second kappa shape index (κ2) is 8.46. The minimum Gasteiger partial charge on any atom is -0.466 e. The third-order valence-corrected chi connectivity index (χ3v) is 5.60. The summed E-state index contributed by atoms with van der Waals surface area (Å²) in [5, 5.41) is 0. The third-order valence-electron chi connectivity index (χ3n) is 5.60. The minimum absolute atomic E-state index is 0.141. The highest BCUT2D eigenvalue weighted by atomic mass is 19.1. The Kier molecular flexibility index (Phi) is 6.27. The smallest absolute Gasteiger partial charge is 0.312 e. The molecule has 3 rings (SSSR count). The highest BCUT2D eigenvalue weighted by Gasteiger charge is 2.43. The molecule has 0 radical (unpaired) electrons. The Hall–Kier alpha value is -1.50. The zero-order valence-corrected chi connectivity index (χ0v) is 15.8. The van der Waals surface area contributed by atoms with E-state index in [4.69, 9.17) is 4.74 Å². The molecule has 26 heavy (non-hydrogen) atoms. The van der Waals surface area contributed by atoms with E-state index in [1.54, 1.807) is 6.07 Å². The van der Waals surface area contributed by atoms with Crippen molar-refractivity contribution >= 4 is 5.97 Å². The lowest BCUT2D eigenvalue weighted by atomic mass is 9.73. The fourth-order valence-corrected chi connectivity index (χ4v) is 4.18. The van der Waals surface area contributed by atoms with Crippen molar-refractivity contribution < 1.29 is 13.9 Å². The average Bonchev–Trinajstić information content (AvgIpc) is 3.02. The number of halogens is 1. The van der Waals surface area contributed by atoms with Gasteiger partial charge in [0, 0.05) is 18.6 Å². The Morgan fingerprint density at radius 2 is 2.12 bits per heavy atom. The van der Waals surface area contributed by atoms with Gasteiger partial charge in [-0.25, -0.2) is 4.39 Å². The van der Waals surface area contributed by atoms with Gasteiger partial charge < -0.3 is 9.64 Å². The topological polar surface area (TPSA) is 53.6 Å². The Morgan fingerprint density at radius 1 is 1.35 bits per heavy atom. The normalized spacial score (nSPS) is 26.0. The molecule has 0 aliphatic carbocycles. The number of hydrogen-bond acceptors (Lipinski definition) is 5. The number of piperidine rings is 1. The van der Waals surface area contributed by atoms with Gasteiger partial charge in [0.25, 0.3) is 0 Å². The van der Waals surface area contributed by atoms with Crippen molar-refractivity contribution in [3.63, 3.8) is 0 Å². The van der Waals surface area contributed by atoms with E-state index in [1.165, 1.54) is 12.1 Å². The average molecular weight is 363 g/mol. The lowest BCUT2D eigenvalue weighted by Crippen LogP contribution is -2.49. The number of nitrogens with one attached hydrogen (secondary N) is 2. The van der Waals surface area contributed by atoms with Crippen LogP contribution in [0.3, 0.4) is 0 Å². The molecule has 0 saturated carbocycles. The van der Waals surface area contributed by atoms with Crippen LogP contribution in [0.4, 0.5) is 4.39 Å². The molecule has 0 spiro atoms. The van der Waals surface area contributed by atoms with Crippen molar-refractivity contribution in [3.8, 4) is 0 Å². The van der Waals surface area contributed by atoms with E-state index in [1.807, 2.05) is 13.0 Å². The number of rotatable bonds is 6. The molecule has 2 aliphatic heterocycles. The van der Waals surface area contributed by atoms with Crippen LogP contribution in [0, 0.1) is 11.2 Å². The molecule has 1 aromatic rings. The quantitative estimate of drug-likeness (QED) is 0.760. The molecule has 2 heterocycles. The van der Waals surface area contributed by atoms with Crippen LogP contribution in [0.15, 0.2) is 24.3 Å². The van der Waals surface area contributed by atoms with Gasteiger partial charge in [0.05, 0.1) is 12.0 Å². The minimum atomic E-state index is -0.547. The SMILES string of the molecule is CCOC(=O)C1(Cc2cccc(F)c2)CCN(CC2CC(C)NN2)CC1. The van der Waals surface area contributed by atoms with Gasteiger partial charge in [0.1, 0.15) is 5.82 Å². The van der Waals surface area contributed by atoms with Crippen LogP contribution < -0.4 is 10.9 Å². The predicted octanol–water partition coefficient (Wildman–Crippen LogP) is 2.27. The molecule has 144 valence electrons. The molecular weight excluding hydrogens is 333 g/mol. The van der Waals surface area contributed by atoms with E-state index in [2.05, 4.69) is 22.7 Å². The van der Waals surface area contributed by atoms with Crippen LogP contribution >= 0.6 is 0 Å². The van der Waals surface area contributed by atoms with E-state index in [0.717, 1.165) is 44.5 Å². The second-order valence-corrected chi connectivity index (χ2v) is 7.73. The van der Waals surface area contributed by atoms with Crippen LogP contribution in [0.2, 0.25) is 0 Å². The van der Waals surface area contributed by atoms with Crippen molar-refractivity contribution in [1.82, 2.24) is 15.8 Å². The predicted molar refractivity (Wildman–Crippen MR) is 99.0 cm³/mol. The fraction of sp³-hybridized carbons (Fsp3) is 0.650. The first-order valence-electron chi connectivity index (χ1n) is 9.66. The van der Waals surface area contributed by atoms with E-state index in [-0.39, 0.29) is 11.8 Å². The van der Waals surface area contributed by atoms with Crippen molar-refractivity contribution in [2.75, 3.05) is 26.2 Å². The number of carbonyl (C=O) groups is 1. The van der Waals surface area contributed by atoms with E-state index in [0.29, 0.717) is 25.1 Å². The van der Waals surface area contributed by atoms with Crippen molar-refractivity contribution in [2.24, 2.45) is 5.41 Å². The summed E-state index contributed by atoms with van der Waals surface area (Å²) in [4.78, 5) is 15.2. The number of hydrogen-bond donors (Lipinski definition) is 2. The van der Waals surface area contributed by atoms with Crippen LogP contribution in [-0.2, 0) is 16.0 Å². The van der Waals surface area contributed by atoms with Crippen molar-refractivity contribution in [1.29, 1.82) is 0 Å². The number of hydrazine groups is 1. The molecule has 2 saturated heterocycles. The summed E-state index contributed by atoms with van der Waals surface area (Å²) in [6.45, 7) is 7.09. The molecule has 0 bridgehead atoms. The van der Waals surface area contributed by atoms with Gasteiger partial charge >= 0.3 is 5.97 Å². The van der Waals surface area contributed by atoms with Crippen molar-refractivity contribution in [3.05, 3.63) is 35.6 Å². The summed E-state index contributed by atoms with van der Waals surface area (Å²) < 4.78 is 19.0. The molecule has 2 fully saturated rings.